The molecule has 144 valence electrons. The van der Waals surface area contributed by atoms with E-state index in [2.05, 4.69) is 31.8 Å². The number of aromatic hydroxyl groups is 1. The van der Waals surface area contributed by atoms with E-state index in [0.29, 0.717) is 5.76 Å². The van der Waals surface area contributed by atoms with Gasteiger partial charge in [-0.2, -0.15) is 5.10 Å². The third kappa shape index (κ3) is 4.00. The van der Waals surface area contributed by atoms with Crippen LogP contribution in [0.15, 0.2) is 55.2 Å². The monoisotopic (exact) mass is 461 g/mol. The molecule has 0 saturated carbocycles. The summed E-state index contributed by atoms with van der Waals surface area (Å²) in [5, 5.41) is 18.0. The topological polar surface area (TPSA) is 96.1 Å². The van der Waals surface area contributed by atoms with Crippen LogP contribution in [0, 0.1) is 6.92 Å². The summed E-state index contributed by atoms with van der Waals surface area (Å²) in [6, 6.07) is 10.7. The van der Waals surface area contributed by atoms with Crippen molar-refractivity contribution >= 4 is 56.1 Å². The number of phenolic OH excluding ortho intramolecular Hbond substituents is 1. The van der Waals surface area contributed by atoms with Crippen LogP contribution in [-0.2, 0) is 0 Å². The van der Waals surface area contributed by atoms with E-state index in [1.165, 1.54) is 19.4 Å². The van der Waals surface area contributed by atoms with Crippen molar-refractivity contribution in [2.45, 2.75) is 6.92 Å². The van der Waals surface area contributed by atoms with Gasteiger partial charge < -0.3 is 19.6 Å². The number of hydrazone groups is 1. The number of methoxy groups -OCH3 is 1. The van der Waals surface area contributed by atoms with Gasteiger partial charge in [0.25, 0.3) is 0 Å². The minimum absolute atomic E-state index is 0.150. The van der Waals surface area contributed by atoms with Crippen molar-refractivity contribution < 1.29 is 14.3 Å². The molecule has 9 heteroatoms. The maximum Gasteiger partial charge on any atom is 0.196 e. The maximum absolute atomic E-state index is 12.4. The van der Waals surface area contributed by atoms with Crippen LogP contribution in [0.4, 0.5) is 5.69 Å². The molecule has 0 fully saturated rings. The van der Waals surface area contributed by atoms with Crippen molar-refractivity contribution in [3.63, 3.8) is 0 Å². The number of benzene rings is 2. The quantitative estimate of drug-likeness (QED) is 0.308. The molecule has 0 spiro atoms. The predicted octanol–water partition coefficient (Wildman–Crippen LogP) is 3.90. The molecule has 0 saturated heterocycles. The van der Waals surface area contributed by atoms with E-state index in [4.69, 9.17) is 21.4 Å². The summed E-state index contributed by atoms with van der Waals surface area (Å²) >= 11 is 8.45. The molecule has 3 rings (SSSR count). The number of nitrogens with one attached hydrogen (secondary N) is 2. The molecule has 1 aromatic heterocycles. The summed E-state index contributed by atoms with van der Waals surface area (Å²) < 4.78 is 11.2. The summed E-state index contributed by atoms with van der Waals surface area (Å²) in [5.74, 6) is 0.391. The lowest BCUT2D eigenvalue weighted by Gasteiger charge is -2.12. The second-order valence-corrected chi connectivity index (χ2v) is 6.93. The molecule has 1 heterocycles. The van der Waals surface area contributed by atoms with Crippen molar-refractivity contribution in [3.05, 3.63) is 62.4 Å². The molecule has 0 aliphatic carbocycles. The number of fused-ring (bicyclic) bond motifs is 1. The number of aryl methyl sites for hydroxylation is 1. The van der Waals surface area contributed by atoms with Crippen LogP contribution < -0.4 is 20.9 Å². The Morgan fingerprint density at radius 2 is 2.07 bits per heavy atom. The van der Waals surface area contributed by atoms with E-state index in [-0.39, 0.29) is 43.0 Å². The number of nitrogens with zero attached hydrogens (tertiary/aromatic N) is 1. The lowest BCUT2D eigenvalue weighted by atomic mass is 10.1. The molecule has 3 N–H and O–H groups in total. The molecule has 0 amide bonds. The molecule has 0 radical (unpaired) electrons. The number of rotatable bonds is 4. The van der Waals surface area contributed by atoms with E-state index >= 15 is 0 Å². The van der Waals surface area contributed by atoms with Crippen LogP contribution >= 0.6 is 28.1 Å². The van der Waals surface area contributed by atoms with Gasteiger partial charge in [-0.1, -0.05) is 18.2 Å². The summed E-state index contributed by atoms with van der Waals surface area (Å²) in [7, 11) is 1.40. The molecular formula is C19H16BrN3O4S. The fraction of sp³-hybridized carbons (Fsp3) is 0.105. The second-order valence-electron chi connectivity index (χ2n) is 5.73. The normalized spacial score (nSPS) is 11.0. The third-order valence-corrected chi connectivity index (χ3v) is 4.73. The number of hydrogen-bond donors (Lipinski definition) is 3. The minimum atomic E-state index is -0.292. The van der Waals surface area contributed by atoms with Gasteiger partial charge in [0.1, 0.15) is 27.1 Å². The van der Waals surface area contributed by atoms with Gasteiger partial charge in [-0.3, -0.25) is 10.2 Å². The van der Waals surface area contributed by atoms with Crippen LogP contribution in [0.5, 0.6) is 11.5 Å². The lowest BCUT2D eigenvalue weighted by molar-refractivity contribution is 0.409. The number of ether oxygens (including phenoxy) is 1. The number of anilines is 1. The largest absolute Gasteiger partial charge is 0.506 e. The predicted molar refractivity (Wildman–Crippen MR) is 117 cm³/mol. The van der Waals surface area contributed by atoms with E-state index in [0.717, 1.165) is 5.69 Å². The van der Waals surface area contributed by atoms with Gasteiger partial charge in [0.2, 0.25) is 0 Å². The van der Waals surface area contributed by atoms with Crippen molar-refractivity contribution in [1.82, 2.24) is 5.43 Å². The zero-order chi connectivity index (χ0) is 20.3. The third-order valence-electron chi connectivity index (χ3n) is 3.80. The average Bonchev–Trinajstić information content (AvgIpc) is 2.67. The Hall–Kier alpha value is -2.91. The molecule has 3 aromatic rings. The zero-order valence-corrected chi connectivity index (χ0v) is 17.3. The van der Waals surface area contributed by atoms with Gasteiger partial charge in [-0.15, -0.1) is 0 Å². The Labute approximate surface area is 174 Å². The first kappa shape index (κ1) is 19.8. The summed E-state index contributed by atoms with van der Waals surface area (Å²) in [6.07, 6.45) is 1.32. The SMILES string of the molecule is COc1c(/C=N/NC(=S)Nc2ccccc2)c(O)c(Br)c2oc(C)cc(=O)c12. The highest BCUT2D eigenvalue weighted by atomic mass is 79.9. The van der Waals surface area contributed by atoms with Crippen LogP contribution in [0.2, 0.25) is 0 Å². The fourth-order valence-electron chi connectivity index (χ4n) is 2.62. The molecule has 0 atom stereocenters. The van der Waals surface area contributed by atoms with Crippen molar-refractivity contribution in [2.75, 3.05) is 12.4 Å². The van der Waals surface area contributed by atoms with E-state index in [9.17, 15) is 9.90 Å². The Bertz CT molecular complexity index is 1130. The number of halogens is 1. The standard InChI is InChI=1S/C19H16BrN3O4S/c1-10-8-13(24)14-17(26-2)12(16(25)15(20)18(14)27-10)9-21-23-19(28)22-11-6-4-3-5-7-11/h3-9,25H,1-2H3,(H2,22,23,28)/b21-9+. The zero-order valence-electron chi connectivity index (χ0n) is 14.9. The highest BCUT2D eigenvalue weighted by Gasteiger charge is 2.21. The van der Waals surface area contributed by atoms with Crippen LogP contribution in [0.25, 0.3) is 11.0 Å². The average molecular weight is 462 g/mol. The lowest BCUT2D eigenvalue weighted by Crippen LogP contribution is -2.23. The Kier molecular flexibility index (Phi) is 5.96. The van der Waals surface area contributed by atoms with Crippen molar-refractivity contribution in [2.24, 2.45) is 5.10 Å². The second kappa shape index (κ2) is 8.41. The van der Waals surface area contributed by atoms with Crippen molar-refractivity contribution in [1.29, 1.82) is 0 Å². The fourth-order valence-corrected chi connectivity index (χ4v) is 3.28. The van der Waals surface area contributed by atoms with Gasteiger partial charge in [0.15, 0.2) is 16.1 Å². The first-order chi connectivity index (χ1) is 13.4. The van der Waals surface area contributed by atoms with Crippen LogP contribution in [0.3, 0.4) is 0 Å². The summed E-state index contributed by atoms with van der Waals surface area (Å²) in [4.78, 5) is 12.4. The molecule has 0 aliphatic rings. The highest BCUT2D eigenvalue weighted by molar-refractivity contribution is 9.10. The van der Waals surface area contributed by atoms with Gasteiger partial charge in [0, 0.05) is 11.8 Å². The van der Waals surface area contributed by atoms with Gasteiger partial charge >= 0.3 is 0 Å². The smallest absolute Gasteiger partial charge is 0.196 e. The first-order valence-corrected chi connectivity index (χ1v) is 9.30. The van der Waals surface area contributed by atoms with E-state index in [1.54, 1.807) is 6.92 Å². The summed E-state index contributed by atoms with van der Waals surface area (Å²) in [6.45, 7) is 1.65. The van der Waals surface area contributed by atoms with Crippen molar-refractivity contribution in [3.8, 4) is 11.5 Å². The molecular weight excluding hydrogens is 446 g/mol. The van der Waals surface area contributed by atoms with E-state index < -0.39 is 0 Å². The Morgan fingerprint density at radius 3 is 2.75 bits per heavy atom. The Balaban J connectivity index is 1.94. The van der Waals surface area contributed by atoms with Crippen LogP contribution in [0.1, 0.15) is 11.3 Å². The van der Waals surface area contributed by atoms with Gasteiger partial charge in [0.05, 0.1) is 18.9 Å². The number of thiocarbonyl (C=S) groups is 1. The minimum Gasteiger partial charge on any atom is -0.506 e. The summed E-state index contributed by atoms with van der Waals surface area (Å²) in [5.41, 5.74) is 3.57. The number of phenols is 1. The molecule has 7 nitrogen and oxygen atoms in total. The van der Waals surface area contributed by atoms with E-state index in [1.807, 2.05) is 30.3 Å². The first-order valence-electron chi connectivity index (χ1n) is 8.10. The number of hydrogen-bond acceptors (Lipinski definition) is 6. The molecule has 0 unspecified atom stereocenters. The van der Waals surface area contributed by atoms with Crippen LogP contribution in [-0.4, -0.2) is 23.5 Å². The molecule has 0 aliphatic heterocycles. The maximum atomic E-state index is 12.4. The molecule has 0 bridgehead atoms. The van der Waals surface area contributed by atoms with Gasteiger partial charge in [-0.05, 0) is 47.2 Å². The highest BCUT2D eigenvalue weighted by Crippen LogP contribution is 2.41. The molecule has 28 heavy (non-hydrogen) atoms. The number of para-hydroxylation sites is 1. The Morgan fingerprint density at radius 1 is 1.36 bits per heavy atom. The molecule has 2 aromatic carbocycles. The van der Waals surface area contributed by atoms with Gasteiger partial charge in [-0.25, -0.2) is 0 Å².